The molecule has 7 nitrogen and oxygen atoms in total. The number of carbonyl (C=O) groups excluding carboxylic acids is 1. The number of hydrogen-bond donors (Lipinski definition) is 1. The number of hydrogen-bond acceptors (Lipinski definition) is 6. The van der Waals surface area contributed by atoms with E-state index in [0.29, 0.717) is 19.6 Å². The molecule has 0 unspecified atom stereocenters. The molecular weight excluding hydrogens is 332 g/mol. The molecule has 1 heterocycles. The first-order valence-electron chi connectivity index (χ1n) is 9.13. The fourth-order valence-corrected chi connectivity index (χ4v) is 2.79. The zero-order valence-electron chi connectivity index (χ0n) is 15.4. The molecule has 1 fully saturated rings. The molecule has 142 valence electrons. The maximum Gasteiger partial charge on any atom is 0.238 e. The van der Waals surface area contributed by atoms with Gasteiger partial charge in [0.15, 0.2) is 0 Å². The molecule has 1 amide bonds. The van der Waals surface area contributed by atoms with E-state index in [0.717, 1.165) is 50.8 Å². The van der Waals surface area contributed by atoms with E-state index in [1.807, 2.05) is 36.1 Å². The molecule has 0 saturated carbocycles. The van der Waals surface area contributed by atoms with E-state index in [-0.39, 0.29) is 12.5 Å². The van der Waals surface area contributed by atoms with Crippen LogP contribution in [0.15, 0.2) is 24.3 Å². The smallest absolute Gasteiger partial charge is 0.238 e. The highest BCUT2D eigenvalue weighted by molar-refractivity contribution is 5.92. The number of benzene rings is 1. The molecule has 1 aliphatic rings. The van der Waals surface area contributed by atoms with Gasteiger partial charge in [-0.3, -0.25) is 14.6 Å². The third kappa shape index (κ3) is 7.40. The number of ether oxygens (including phenoxy) is 2. The summed E-state index contributed by atoms with van der Waals surface area (Å²) in [6.07, 6.45) is 0.416. The van der Waals surface area contributed by atoms with Gasteiger partial charge in [0, 0.05) is 44.8 Å². The normalized spacial score (nSPS) is 14.8. The van der Waals surface area contributed by atoms with Crippen molar-refractivity contribution in [3.8, 4) is 11.8 Å². The van der Waals surface area contributed by atoms with Gasteiger partial charge in [0.2, 0.25) is 5.91 Å². The van der Waals surface area contributed by atoms with Crippen molar-refractivity contribution in [2.24, 2.45) is 0 Å². The Morgan fingerprint density at radius 1 is 1.31 bits per heavy atom. The highest BCUT2D eigenvalue weighted by atomic mass is 16.5. The molecule has 0 atom stereocenters. The van der Waals surface area contributed by atoms with Crippen molar-refractivity contribution in [2.45, 2.75) is 13.3 Å². The highest BCUT2D eigenvalue weighted by Gasteiger charge is 2.15. The van der Waals surface area contributed by atoms with Gasteiger partial charge in [-0.1, -0.05) is 0 Å². The average molecular weight is 360 g/mol. The summed E-state index contributed by atoms with van der Waals surface area (Å²) in [5.41, 5.74) is 0.742. The number of rotatable bonds is 10. The number of carbonyl (C=O) groups is 1. The third-order valence-corrected chi connectivity index (χ3v) is 4.19. The lowest BCUT2D eigenvalue weighted by molar-refractivity contribution is -0.117. The first-order chi connectivity index (χ1) is 12.7. The van der Waals surface area contributed by atoms with Gasteiger partial charge in [-0.05, 0) is 31.2 Å². The van der Waals surface area contributed by atoms with E-state index in [1.54, 1.807) is 0 Å². The van der Waals surface area contributed by atoms with Crippen LogP contribution in [0.5, 0.6) is 5.75 Å². The molecule has 0 spiro atoms. The van der Waals surface area contributed by atoms with Crippen molar-refractivity contribution in [1.82, 2.24) is 9.80 Å². The number of nitrogens with one attached hydrogen (secondary N) is 1. The molecule has 0 aromatic heterocycles. The molecule has 1 N–H and O–H groups in total. The van der Waals surface area contributed by atoms with Crippen molar-refractivity contribution in [3.63, 3.8) is 0 Å². The predicted molar refractivity (Wildman–Crippen MR) is 100 cm³/mol. The number of nitrogens with zero attached hydrogens (tertiary/aromatic N) is 3. The van der Waals surface area contributed by atoms with Crippen LogP contribution in [0.4, 0.5) is 5.69 Å². The first kappa shape index (κ1) is 20.2. The summed E-state index contributed by atoms with van der Waals surface area (Å²) in [7, 11) is 0. The minimum absolute atomic E-state index is 0.0749. The fourth-order valence-electron chi connectivity index (χ4n) is 2.79. The second-order valence-electron chi connectivity index (χ2n) is 6.14. The van der Waals surface area contributed by atoms with E-state index < -0.39 is 0 Å². The van der Waals surface area contributed by atoms with Crippen LogP contribution in [0, 0.1) is 11.3 Å². The molecule has 0 bridgehead atoms. The van der Waals surface area contributed by atoms with Gasteiger partial charge in [0.25, 0.3) is 0 Å². The largest absolute Gasteiger partial charge is 0.494 e. The Morgan fingerprint density at radius 2 is 2.04 bits per heavy atom. The summed E-state index contributed by atoms with van der Waals surface area (Å²) < 4.78 is 10.8. The Labute approximate surface area is 155 Å². The van der Waals surface area contributed by atoms with Crippen LogP contribution in [0.2, 0.25) is 0 Å². The van der Waals surface area contributed by atoms with Crippen LogP contribution in [0.1, 0.15) is 13.3 Å². The summed E-state index contributed by atoms with van der Waals surface area (Å²) in [5, 5.41) is 11.8. The van der Waals surface area contributed by atoms with E-state index in [4.69, 9.17) is 14.7 Å². The molecule has 1 aromatic carbocycles. The Kier molecular flexibility index (Phi) is 8.90. The SMILES string of the molecule is CCOc1ccc(NC(=O)CN(CCC#N)CCN2CCOCC2)cc1. The van der Waals surface area contributed by atoms with Gasteiger partial charge in [-0.25, -0.2) is 0 Å². The Balaban J connectivity index is 1.81. The average Bonchev–Trinajstić information content (AvgIpc) is 2.66. The topological polar surface area (TPSA) is 77.8 Å². The van der Waals surface area contributed by atoms with E-state index in [9.17, 15) is 4.79 Å². The van der Waals surface area contributed by atoms with Gasteiger partial charge in [-0.2, -0.15) is 5.26 Å². The standard InChI is InChI=1S/C19H28N4O3/c1-2-26-18-6-4-17(5-7-18)21-19(24)16-23(9-3-8-20)11-10-22-12-14-25-15-13-22/h4-7H,2-3,9-16H2,1H3,(H,21,24). The number of amides is 1. The van der Waals surface area contributed by atoms with E-state index >= 15 is 0 Å². The van der Waals surface area contributed by atoms with Crippen LogP contribution in [-0.2, 0) is 9.53 Å². The monoisotopic (exact) mass is 360 g/mol. The maximum absolute atomic E-state index is 12.3. The molecule has 0 aliphatic carbocycles. The quantitative estimate of drug-likeness (QED) is 0.682. The Bertz CT molecular complexity index is 579. The molecular formula is C19H28N4O3. The molecule has 0 radical (unpaired) electrons. The van der Waals surface area contributed by atoms with Gasteiger partial charge in [0.05, 0.1) is 32.4 Å². The van der Waals surface area contributed by atoms with Crippen molar-refractivity contribution in [3.05, 3.63) is 24.3 Å². The Hall–Kier alpha value is -2.14. The summed E-state index contributed by atoms with van der Waals surface area (Å²) >= 11 is 0. The number of anilines is 1. The first-order valence-corrected chi connectivity index (χ1v) is 9.13. The summed E-state index contributed by atoms with van der Waals surface area (Å²) in [5.74, 6) is 0.709. The molecule has 1 aromatic rings. The fraction of sp³-hybridized carbons (Fsp3) is 0.579. The number of morpholine rings is 1. The minimum Gasteiger partial charge on any atom is -0.494 e. The van der Waals surface area contributed by atoms with Gasteiger partial charge in [0.1, 0.15) is 5.75 Å². The van der Waals surface area contributed by atoms with Crippen LogP contribution in [0.25, 0.3) is 0 Å². The molecule has 7 heteroatoms. The van der Waals surface area contributed by atoms with Crippen LogP contribution >= 0.6 is 0 Å². The molecule has 1 saturated heterocycles. The lowest BCUT2D eigenvalue weighted by atomic mass is 10.3. The predicted octanol–water partition coefficient (Wildman–Crippen LogP) is 1.57. The summed E-state index contributed by atoms with van der Waals surface area (Å²) in [4.78, 5) is 16.7. The van der Waals surface area contributed by atoms with Gasteiger partial charge in [-0.15, -0.1) is 0 Å². The summed E-state index contributed by atoms with van der Waals surface area (Å²) in [6.45, 7) is 8.42. The van der Waals surface area contributed by atoms with E-state index in [2.05, 4.69) is 16.3 Å². The molecule has 2 rings (SSSR count). The maximum atomic E-state index is 12.3. The highest BCUT2D eigenvalue weighted by Crippen LogP contribution is 2.15. The lowest BCUT2D eigenvalue weighted by Crippen LogP contribution is -2.43. The van der Waals surface area contributed by atoms with Crippen molar-refractivity contribution in [2.75, 3.05) is 64.4 Å². The van der Waals surface area contributed by atoms with Gasteiger partial charge < -0.3 is 14.8 Å². The minimum atomic E-state index is -0.0749. The van der Waals surface area contributed by atoms with Crippen LogP contribution < -0.4 is 10.1 Å². The zero-order valence-corrected chi connectivity index (χ0v) is 15.4. The van der Waals surface area contributed by atoms with Crippen molar-refractivity contribution < 1.29 is 14.3 Å². The number of nitriles is 1. The van der Waals surface area contributed by atoms with Crippen LogP contribution in [-0.4, -0.2) is 74.8 Å². The Morgan fingerprint density at radius 3 is 2.69 bits per heavy atom. The third-order valence-electron chi connectivity index (χ3n) is 4.19. The second-order valence-corrected chi connectivity index (χ2v) is 6.14. The van der Waals surface area contributed by atoms with Crippen LogP contribution in [0.3, 0.4) is 0 Å². The van der Waals surface area contributed by atoms with Crippen molar-refractivity contribution >= 4 is 11.6 Å². The zero-order chi connectivity index (χ0) is 18.6. The lowest BCUT2D eigenvalue weighted by Gasteiger charge is -2.29. The van der Waals surface area contributed by atoms with Gasteiger partial charge >= 0.3 is 0 Å². The molecule has 1 aliphatic heterocycles. The molecule has 26 heavy (non-hydrogen) atoms. The van der Waals surface area contributed by atoms with Crippen molar-refractivity contribution in [1.29, 1.82) is 5.26 Å². The summed E-state index contributed by atoms with van der Waals surface area (Å²) in [6, 6.07) is 9.49. The second kappa shape index (κ2) is 11.5. The van der Waals surface area contributed by atoms with E-state index in [1.165, 1.54) is 0 Å².